The highest BCUT2D eigenvalue weighted by molar-refractivity contribution is 5.73. The summed E-state index contributed by atoms with van der Waals surface area (Å²) in [5.74, 6) is 0.648. The molecule has 0 aliphatic rings. The molecular formula is C12H13N5. The van der Waals surface area contributed by atoms with Gasteiger partial charge in [0, 0.05) is 20.3 Å². The SMILES string of the molecule is CN(c1ccccc1C#N)c1nn(C)cc1N. The Kier molecular flexibility index (Phi) is 2.71. The summed E-state index contributed by atoms with van der Waals surface area (Å²) in [4.78, 5) is 1.81. The highest BCUT2D eigenvalue weighted by Crippen LogP contribution is 2.28. The van der Waals surface area contributed by atoms with Crippen molar-refractivity contribution in [3.05, 3.63) is 36.0 Å². The number of anilines is 3. The van der Waals surface area contributed by atoms with Crippen molar-refractivity contribution in [1.29, 1.82) is 5.26 Å². The molecule has 1 aromatic carbocycles. The van der Waals surface area contributed by atoms with E-state index < -0.39 is 0 Å². The van der Waals surface area contributed by atoms with Gasteiger partial charge in [-0.1, -0.05) is 12.1 Å². The van der Waals surface area contributed by atoms with E-state index in [4.69, 9.17) is 11.0 Å². The van der Waals surface area contributed by atoms with Crippen LogP contribution in [0.15, 0.2) is 30.5 Å². The Labute approximate surface area is 99.7 Å². The predicted octanol–water partition coefficient (Wildman–Crippen LogP) is 1.64. The summed E-state index contributed by atoms with van der Waals surface area (Å²) in [7, 11) is 3.65. The number of benzene rings is 1. The van der Waals surface area contributed by atoms with Crippen molar-refractivity contribution in [3.8, 4) is 6.07 Å². The first kappa shape index (κ1) is 11.0. The second-order valence-electron chi connectivity index (χ2n) is 3.77. The van der Waals surface area contributed by atoms with Crippen LogP contribution in [-0.4, -0.2) is 16.8 Å². The van der Waals surface area contributed by atoms with Gasteiger partial charge >= 0.3 is 0 Å². The van der Waals surface area contributed by atoms with Crippen LogP contribution in [0, 0.1) is 11.3 Å². The second-order valence-corrected chi connectivity index (χ2v) is 3.77. The van der Waals surface area contributed by atoms with E-state index in [0.29, 0.717) is 17.1 Å². The largest absolute Gasteiger partial charge is 0.394 e. The van der Waals surface area contributed by atoms with E-state index in [1.54, 1.807) is 16.9 Å². The van der Waals surface area contributed by atoms with Crippen LogP contribution in [0.25, 0.3) is 0 Å². The third kappa shape index (κ3) is 1.93. The maximum absolute atomic E-state index is 9.06. The Bertz CT molecular complexity index is 579. The molecule has 0 amide bonds. The molecule has 1 aromatic heterocycles. The topological polar surface area (TPSA) is 70.9 Å². The zero-order valence-electron chi connectivity index (χ0n) is 9.75. The maximum Gasteiger partial charge on any atom is 0.178 e. The molecule has 0 atom stereocenters. The van der Waals surface area contributed by atoms with Crippen molar-refractivity contribution < 1.29 is 0 Å². The Morgan fingerprint density at radius 3 is 2.71 bits per heavy atom. The van der Waals surface area contributed by atoms with Crippen molar-refractivity contribution in [3.63, 3.8) is 0 Å². The number of hydrogen-bond donors (Lipinski definition) is 1. The van der Waals surface area contributed by atoms with Gasteiger partial charge in [0.15, 0.2) is 5.82 Å². The molecule has 5 heteroatoms. The second kappa shape index (κ2) is 4.18. The summed E-state index contributed by atoms with van der Waals surface area (Å²) < 4.78 is 1.65. The van der Waals surface area contributed by atoms with Gasteiger partial charge in [0.2, 0.25) is 0 Å². The number of aromatic nitrogens is 2. The van der Waals surface area contributed by atoms with Crippen LogP contribution in [0.1, 0.15) is 5.56 Å². The van der Waals surface area contributed by atoms with Gasteiger partial charge < -0.3 is 10.6 Å². The van der Waals surface area contributed by atoms with Crippen LogP contribution in [0.2, 0.25) is 0 Å². The summed E-state index contributed by atoms with van der Waals surface area (Å²) in [5, 5.41) is 13.3. The average Bonchev–Trinajstić information content (AvgIpc) is 2.67. The van der Waals surface area contributed by atoms with Crippen LogP contribution in [-0.2, 0) is 7.05 Å². The van der Waals surface area contributed by atoms with Gasteiger partial charge in [-0.05, 0) is 12.1 Å². The lowest BCUT2D eigenvalue weighted by molar-refractivity contribution is 0.765. The molecule has 0 saturated heterocycles. The number of aryl methyl sites for hydroxylation is 1. The molecule has 0 aliphatic heterocycles. The van der Waals surface area contributed by atoms with E-state index in [0.717, 1.165) is 5.69 Å². The minimum Gasteiger partial charge on any atom is -0.394 e. The molecule has 0 radical (unpaired) electrons. The first-order valence-corrected chi connectivity index (χ1v) is 5.15. The lowest BCUT2D eigenvalue weighted by Crippen LogP contribution is -2.13. The van der Waals surface area contributed by atoms with E-state index >= 15 is 0 Å². The van der Waals surface area contributed by atoms with Gasteiger partial charge in [0.1, 0.15) is 6.07 Å². The molecule has 2 rings (SSSR count). The molecule has 0 aliphatic carbocycles. The van der Waals surface area contributed by atoms with E-state index in [1.165, 1.54) is 0 Å². The van der Waals surface area contributed by atoms with Crippen molar-refractivity contribution in [2.75, 3.05) is 17.7 Å². The first-order chi connectivity index (χ1) is 8.13. The lowest BCUT2D eigenvalue weighted by atomic mass is 10.2. The van der Waals surface area contributed by atoms with Gasteiger partial charge in [-0.25, -0.2) is 0 Å². The third-order valence-corrected chi connectivity index (χ3v) is 2.54. The predicted molar refractivity (Wildman–Crippen MR) is 66.8 cm³/mol. The van der Waals surface area contributed by atoms with E-state index in [1.807, 2.05) is 37.2 Å². The molecule has 1 heterocycles. The fourth-order valence-electron chi connectivity index (χ4n) is 1.73. The zero-order valence-corrected chi connectivity index (χ0v) is 9.75. The molecule has 0 saturated carbocycles. The average molecular weight is 227 g/mol. The first-order valence-electron chi connectivity index (χ1n) is 5.15. The standard InChI is InChI=1S/C12H13N5/c1-16-8-10(14)12(15-16)17(2)11-6-4-3-5-9(11)7-13/h3-6,8H,14H2,1-2H3. The van der Waals surface area contributed by atoms with Gasteiger partial charge in [-0.3, -0.25) is 4.68 Å². The fourth-order valence-corrected chi connectivity index (χ4v) is 1.73. The maximum atomic E-state index is 9.06. The zero-order chi connectivity index (χ0) is 12.4. The minimum atomic E-state index is 0.586. The lowest BCUT2D eigenvalue weighted by Gasteiger charge is -2.18. The molecule has 0 spiro atoms. The monoisotopic (exact) mass is 227 g/mol. The molecule has 86 valence electrons. The summed E-state index contributed by atoms with van der Waals surface area (Å²) in [6.45, 7) is 0. The molecule has 2 aromatic rings. The van der Waals surface area contributed by atoms with Crippen LogP contribution in [0.5, 0.6) is 0 Å². The summed E-state index contributed by atoms with van der Waals surface area (Å²) >= 11 is 0. The van der Waals surface area contributed by atoms with Crippen molar-refractivity contribution in [2.45, 2.75) is 0 Å². The van der Waals surface area contributed by atoms with E-state index in [9.17, 15) is 0 Å². The Balaban J connectivity index is 2.48. The molecule has 17 heavy (non-hydrogen) atoms. The number of rotatable bonds is 2. The molecule has 5 nitrogen and oxygen atoms in total. The van der Waals surface area contributed by atoms with Crippen LogP contribution in [0.4, 0.5) is 17.2 Å². The van der Waals surface area contributed by atoms with Crippen molar-refractivity contribution in [2.24, 2.45) is 7.05 Å². The molecular weight excluding hydrogens is 214 g/mol. The molecule has 2 N–H and O–H groups in total. The summed E-state index contributed by atoms with van der Waals surface area (Å²) in [6.07, 6.45) is 1.74. The summed E-state index contributed by atoms with van der Waals surface area (Å²) in [5.41, 5.74) is 7.84. The van der Waals surface area contributed by atoms with Crippen LogP contribution in [0.3, 0.4) is 0 Å². The quantitative estimate of drug-likeness (QED) is 0.846. The number of para-hydroxylation sites is 1. The Morgan fingerprint density at radius 2 is 2.12 bits per heavy atom. The Morgan fingerprint density at radius 1 is 1.41 bits per heavy atom. The smallest absolute Gasteiger partial charge is 0.178 e. The van der Waals surface area contributed by atoms with Gasteiger partial charge in [0.05, 0.1) is 16.9 Å². The van der Waals surface area contributed by atoms with Crippen molar-refractivity contribution in [1.82, 2.24) is 9.78 Å². The molecule has 0 unspecified atom stereocenters. The number of nitrogen functional groups attached to an aromatic ring is 1. The highest BCUT2D eigenvalue weighted by Gasteiger charge is 2.14. The van der Waals surface area contributed by atoms with Gasteiger partial charge in [-0.2, -0.15) is 10.4 Å². The van der Waals surface area contributed by atoms with E-state index in [-0.39, 0.29) is 0 Å². The van der Waals surface area contributed by atoms with Crippen molar-refractivity contribution >= 4 is 17.2 Å². The number of hydrogen-bond acceptors (Lipinski definition) is 4. The normalized spacial score (nSPS) is 9.94. The van der Waals surface area contributed by atoms with Crippen LogP contribution >= 0.6 is 0 Å². The summed E-state index contributed by atoms with van der Waals surface area (Å²) in [6, 6.07) is 9.50. The van der Waals surface area contributed by atoms with Gasteiger partial charge in [0.25, 0.3) is 0 Å². The number of nitriles is 1. The van der Waals surface area contributed by atoms with Crippen LogP contribution < -0.4 is 10.6 Å². The minimum absolute atomic E-state index is 0.586. The molecule has 0 bridgehead atoms. The van der Waals surface area contributed by atoms with Gasteiger partial charge in [-0.15, -0.1) is 0 Å². The fraction of sp³-hybridized carbons (Fsp3) is 0.167. The number of nitrogens with zero attached hydrogens (tertiary/aromatic N) is 4. The van der Waals surface area contributed by atoms with E-state index in [2.05, 4.69) is 11.2 Å². The molecule has 0 fully saturated rings. The third-order valence-electron chi connectivity index (χ3n) is 2.54. The Hall–Kier alpha value is -2.48. The number of nitrogens with two attached hydrogens (primary N) is 1. The highest BCUT2D eigenvalue weighted by atomic mass is 15.3.